The van der Waals surface area contributed by atoms with Crippen molar-refractivity contribution in [1.29, 1.82) is 0 Å². The average Bonchev–Trinajstić information content (AvgIpc) is 2.37. The highest BCUT2D eigenvalue weighted by Gasteiger charge is 2.18. The first kappa shape index (κ1) is 15.9. The number of aliphatic hydroxyl groups excluding tert-OH is 1. The maximum atomic E-state index is 9.08. The van der Waals surface area contributed by atoms with Gasteiger partial charge in [0.05, 0.1) is 6.61 Å². The normalized spacial score (nSPS) is 22.0. The molecule has 0 radical (unpaired) electrons. The van der Waals surface area contributed by atoms with Crippen LogP contribution in [-0.4, -0.2) is 66.3 Å². The van der Waals surface area contributed by atoms with Gasteiger partial charge < -0.3 is 20.6 Å². The Balaban J connectivity index is 2.04. The summed E-state index contributed by atoms with van der Waals surface area (Å²) in [6.07, 6.45) is 4.48. The Kier molecular flexibility index (Phi) is 7.15. The molecular formula is C14H31N3O. The van der Waals surface area contributed by atoms with E-state index in [4.69, 9.17) is 10.8 Å². The SMILES string of the molecule is CCCN1CCN(CCCCC(C)(N)CO)CC1. The van der Waals surface area contributed by atoms with E-state index in [0.29, 0.717) is 0 Å². The van der Waals surface area contributed by atoms with E-state index in [1.54, 1.807) is 0 Å². The van der Waals surface area contributed by atoms with E-state index in [2.05, 4.69) is 16.7 Å². The standard InChI is InChI=1S/C14H31N3O/c1-3-7-16-9-11-17(12-10-16)8-5-4-6-14(2,15)13-18/h18H,3-13,15H2,1-2H3. The molecule has 0 aromatic carbocycles. The van der Waals surface area contributed by atoms with Crippen LogP contribution < -0.4 is 5.73 Å². The van der Waals surface area contributed by atoms with Crippen molar-refractivity contribution in [3.8, 4) is 0 Å². The van der Waals surface area contributed by atoms with Crippen LogP contribution in [0.5, 0.6) is 0 Å². The summed E-state index contributed by atoms with van der Waals surface area (Å²) < 4.78 is 0. The van der Waals surface area contributed by atoms with E-state index in [0.717, 1.165) is 12.8 Å². The molecule has 108 valence electrons. The van der Waals surface area contributed by atoms with Gasteiger partial charge >= 0.3 is 0 Å². The number of hydrogen-bond donors (Lipinski definition) is 2. The molecule has 1 unspecified atom stereocenters. The van der Waals surface area contributed by atoms with Gasteiger partial charge in [-0.05, 0) is 39.3 Å². The molecule has 3 N–H and O–H groups in total. The molecule has 0 amide bonds. The molecule has 1 aliphatic rings. The van der Waals surface area contributed by atoms with Gasteiger partial charge in [-0.2, -0.15) is 0 Å². The van der Waals surface area contributed by atoms with Crippen LogP contribution in [0.1, 0.15) is 39.5 Å². The molecule has 0 saturated carbocycles. The molecule has 1 fully saturated rings. The van der Waals surface area contributed by atoms with Crippen LogP contribution >= 0.6 is 0 Å². The van der Waals surface area contributed by atoms with Crippen LogP contribution in [0.2, 0.25) is 0 Å². The van der Waals surface area contributed by atoms with Crippen LogP contribution in [0.3, 0.4) is 0 Å². The highest BCUT2D eigenvalue weighted by Crippen LogP contribution is 2.11. The molecule has 0 bridgehead atoms. The van der Waals surface area contributed by atoms with Crippen molar-refractivity contribution < 1.29 is 5.11 Å². The predicted octanol–water partition coefficient (Wildman–Crippen LogP) is 0.894. The maximum absolute atomic E-state index is 9.08. The van der Waals surface area contributed by atoms with Crippen LogP contribution in [0.25, 0.3) is 0 Å². The molecule has 18 heavy (non-hydrogen) atoms. The second-order valence-corrected chi connectivity index (χ2v) is 5.95. The molecule has 1 heterocycles. The molecule has 4 nitrogen and oxygen atoms in total. The highest BCUT2D eigenvalue weighted by atomic mass is 16.3. The lowest BCUT2D eigenvalue weighted by Crippen LogP contribution is -2.46. The monoisotopic (exact) mass is 257 g/mol. The van der Waals surface area contributed by atoms with Crippen molar-refractivity contribution in [2.75, 3.05) is 45.9 Å². The van der Waals surface area contributed by atoms with E-state index in [1.165, 1.54) is 52.1 Å². The minimum Gasteiger partial charge on any atom is -0.394 e. The number of nitrogens with two attached hydrogens (primary N) is 1. The van der Waals surface area contributed by atoms with E-state index >= 15 is 0 Å². The molecular weight excluding hydrogens is 226 g/mol. The van der Waals surface area contributed by atoms with Gasteiger partial charge in [-0.25, -0.2) is 0 Å². The van der Waals surface area contributed by atoms with Crippen molar-refractivity contribution in [2.45, 2.75) is 45.1 Å². The van der Waals surface area contributed by atoms with E-state index in [9.17, 15) is 0 Å². The van der Waals surface area contributed by atoms with Crippen molar-refractivity contribution in [3.05, 3.63) is 0 Å². The topological polar surface area (TPSA) is 52.7 Å². The molecule has 4 heteroatoms. The third kappa shape index (κ3) is 6.14. The molecule has 1 aliphatic heterocycles. The zero-order chi connectivity index (χ0) is 13.4. The Morgan fingerprint density at radius 2 is 1.61 bits per heavy atom. The largest absolute Gasteiger partial charge is 0.394 e. The Bertz CT molecular complexity index is 213. The van der Waals surface area contributed by atoms with Gasteiger partial charge in [-0.3, -0.25) is 0 Å². The summed E-state index contributed by atoms with van der Waals surface area (Å²) in [6, 6.07) is 0. The van der Waals surface area contributed by atoms with E-state index < -0.39 is 0 Å². The second kappa shape index (κ2) is 8.10. The van der Waals surface area contributed by atoms with Gasteiger partial charge in [0.25, 0.3) is 0 Å². The fraction of sp³-hybridized carbons (Fsp3) is 1.00. The molecule has 0 aromatic heterocycles. The molecule has 1 rings (SSSR count). The first-order valence-corrected chi connectivity index (χ1v) is 7.42. The summed E-state index contributed by atoms with van der Waals surface area (Å²) in [7, 11) is 0. The maximum Gasteiger partial charge on any atom is 0.0608 e. The molecule has 1 atom stereocenters. The number of aliphatic hydroxyl groups is 1. The zero-order valence-corrected chi connectivity index (χ0v) is 12.2. The Hall–Kier alpha value is -0.160. The van der Waals surface area contributed by atoms with E-state index in [-0.39, 0.29) is 12.1 Å². The summed E-state index contributed by atoms with van der Waals surface area (Å²) in [6.45, 7) is 11.5. The van der Waals surface area contributed by atoms with Gasteiger partial charge in [0.15, 0.2) is 0 Å². The van der Waals surface area contributed by atoms with Crippen molar-refractivity contribution in [2.24, 2.45) is 5.73 Å². The molecule has 1 saturated heterocycles. The second-order valence-electron chi connectivity index (χ2n) is 5.95. The quantitative estimate of drug-likeness (QED) is 0.634. The first-order chi connectivity index (χ1) is 8.57. The number of hydrogen-bond acceptors (Lipinski definition) is 4. The number of nitrogens with zero attached hydrogens (tertiary/aromatic N) is 2. The lowest BCUT2D eigenvalue weighted by atomic mass is 9.97. The van der Waals surface area contributed by atoms with Crippen molar-refractivity contribution in [1.82, 2.24) is 9.80 Å². The average molecular weight is 257 g/mol. The Morgan fingerprint density at radius 3 is 2.11 bits per heavy atom. The molecule has 0 aromatic rings. The fourth-order valence-electron chi connectivity index (χ4n) is 2.50. The summed E-state index contributed by atoms with van der Waals surface area (Å²) in [5.41, 5.74) is 5.53. The summed E-state index contributed by atoms with van der Waals surface area (Å²) in [5, 5.41) is 9.08. The van der Waals surface area contributed by atoms with Gasteiger partial charge in [0.1, 0.15) is 0 Å². The van der Waals surface area contributed by atoms with Crippen LogP contribution in [0.4, 0.5) is 0 Å². The third-order valence-electron chi connectivity index (χ3n) is 3.84. The molecule has 0 spiro atoms. The number of rotatable bonds is 8. The summed E-state index contributed by atoms with van der Waals surface area (Å²) in [4.78, 5) is 5.11. The first-order valence-electron chi connectivity index (χ1n) is 7.42. The summed E-state index contributed by atoms with van der Waals surface area (Å²) >= 11 is 0. The minimum atomic E-state index is -0.389. The van der Waals surface area contributed by atoms with Gasteiger partial charge in [0.2, 0.25) is 0 Å². The number of piperazine rings is 1. The lowest BCUT2D eigenvalue weighted by Gasteiger charge is -2.34. The smallest absolute Gasteiger partial charge is 0.0608 e. The van der Waals surface area contributed by atoms with Gasteiger partial charge in [0, 0.05) is 31.7 Å². The van der Waals surface area contributed by atoms with E-state index in [1.807, 2.05) is 6.92 Å². The Labute approximate surface area is 112 Å². The van der Waals surface area contributed by atoms with Crippen LogP contribution in [0, 0.1) is 0 Å². The summed E-state index contributed by atoms with van der Waals surface area (Å²) in [5.74, 6) is 0. The predicted molar refractivity (Wildman–Crippen MR) is 76.7 cm³/mol. The van der Waals surface area contributed by atoms with Crippen molar-refractivity contribution >= 4 is 0 Å². The van der Waals surface area contributed by atoms with Gasteiger partial charge in [-0.1, -0.05) is 13.3 Å². The van der Waals surface area contributed by atoms with Gasteiger partial charge in [-0.15, -0.1) is 0 Å². The number of unbranched alkanes of at least 4 members (excludes halogenated alkanes) is 1. The highest BCUT2D eigenvalue weighted by molar-refractivity contribution is 4.77. The lowest BCUT2D eigenvalue weighted by molar-refractivity contribution is 0.129. The van der Waals surface area contributed by atoms with Crippen molar-refractivity contribution in [3.63, 3.8) is 0 Å². The minimum absolute atomic E-state index is 0.0860. The fourth-order valence-corrected chi connectivity index (χ4v) is 2.50. The van der Waals surface area contributed by atoms with Crippen LogP contribution in [-0.2, 0) is 0 Å². The zero-order valence-electron chi connectivity index (χ0n) is 12.2. The third-order valence-corrected chi connectivity index (χ3v) is 3.84. The Morgan fingerprint density at radius 1 is 1.06 bits per heavy atom. The molecule has 0 aliphatic carbocycles. The van der Waals surface area contributed by atoms with Crippen LogP contribution in [0.15, 0.2) is 0 Å².